The van der Waals surface area contributed by atoms with Gasteiger partial charge >= 0.3 is 0 Å². The molecule has 15 heavy (non-hydrogen) atoms. The van der Waals surface area contributed by atoms with Gasteiger partial charge in [-0.1, -0.05) is 0 Å². The van der Waals surface area contributed by atoms with Crippen LogP contribution in [0.25, 0.3) is 0 Å². The Bertz CT molecular complexity index is 212. The minimum absolute atomic E-state index is 0.657. The van der Waals surface area contributed by atoms with Crippen molar-refractivity contribution >= 4 is 0 Å². The fraction of sp³-hybridized carbons (Fsp3) is 1.00. The topological polar surface area (TPSA) is 24.5 Å². The van der Waals surface area contributed by atoms with Crippen molar-refractivity contribution in [1.29, 1.82) is 0 Å². The molecule has 3 nitrogen and oxygen atoms in total. The molecule has 1 spiro atoms. The lowest BCUT2D eigenvalue weighted by molar-refractivity contribution is -0.0842. The summed E-state index contributed by atoms with van der Waals surface area (Å²) < 4.78 is 5.44. The number of nitrogens with one attached hydrogen (secondary N) is 1. The van der Waals surface area contributed by atoms with Crippen LogP contribution in [-0.2, 0) is 4.74 Å². The van der Waals surface area contributed by atoms with E-state index in [1.54, 1.807) is 0 Å². The highest BCUT2D eigenvalue weighted by Gasteiger charge is 2.44. The lowest BCUT2D eigenvalue weighted by Crippen LogP contribution is -2.59. The van der Waals surface area contributed by atoms with Crippen LogP contribution in [0.2, 0.25) is 0 Å². The van der Waals surface area contributed by atoms with E-state index < -0.39 is 0 Å². The van der Waals surface area contributed by atoms with Gasteiger partial charge in [-0.2, -0.15) is 0 Å². The highest BCUT2D eigenvalue weighted by molar-refractivity contribution is 4.96. The molecule has 3 rings (SSSR count). The van der Waals surface area contributed by atoms with E-state index in [-0.39, 0.29) is 0 Å². The fourth-order valence-electron chi connectivity index (χ4n) is 3.39. The maximum atomic E-state index is 5.44. The first-order valence-electron chi connectivity index (χ1n) is 6.37. The number of hydrogen-bond acceptors (Lipinski definition) is 3. The van der Waals surface area contributed by atoms with Crippen LogP contribution < -0.4 is 5.32 Å². The minimum Gasteiger partial charge on any atom is -0.381 e. The van der Waals surface area contributed by atoms with Crippen LogP contribution in [0.15, 0.2) is 0 Å². The van der Waals surface area contributed by atoms with Crippen molar-refractivity contribution in [2.45, 2.75) is 19.3 Å². The third kappa shape index (κ3) is 2.05. The van der Waals surface area contributed by atoms with E-state index in [2.05, 4.69) is 10.2 Å². The molecular formula is C12H22N2O. The first kappa shape index (κ1) is 10.1. The van der Waals surface area contributed by atoms with E-state index in [9.17, 15) is 0 Å². The first-order valence-corrected chi connectivity index (χ1v) is 6.37. The van der Waals surface area contributed by atoms with Gasteiger partial charge in [0.25, 0.3) is 0 Å². The van der Waals surface area contributed by atoms with Gasteiger partial charge in [-0.25, -0.2) is 0 Å². The van der Waals surface area contributed by atoms with Crippen LogP contribution in [0.5, 0.6) is 0 Å². The summed E-state index contributed by atoms with van der Waals surface area (Å²) in [6.07, 6.45) is 3.98. The van der Waals surface area contributed by atoms with Crippen LogP contribution in [-0.4, -0.2) is 50.8 Å². The summed E-state index contributed by atoms with van der Waals surface area (Å²) in [6.45, 7) is 8.48. The van der Waals surface area contributed by atoms with Gasteiger partial charge in [0, 0.05) is 38.3 Å². The van der Waals surface area contributed by atoms with Gasteiger partial charge in [-0.3, -0.25) is 0 Å². The second kappa shape index (κ2) is 4.04. The summed E-state index contributed by atoms with van der Waals surface area (Å²) in [7, 11) is 0. The number of hydrogen-bond donors (Lipinski definition) is 1. The predicted molar refractivity (Wildman–Crippen MR) is 59.9 cm³/mol. The molecule has 1 atom stereocenters. The fourth-order valence-corrected chi connectivity index (χ4v) is 3.39. The first-order chi connectivity index (χ1) is 7.36. The van der Waals surface area contributed by atoms with E-state index in [0.717, 1.165) is 19.1 Å². The molecule has 3 heterocycles. The van der Waals surface area contributed by atoms with Crippen molar-refractivity contribution in [3.05, 3.63) is 0 Å². The zero-order valence-electron chi connectivity index (χ0n) is 9.50. The molecule has 0 bridgehead atoms. The summed E-state index contributed by atoms with van der Waals surface area (Å²) in [5.41, 5.74) is 0.657. The van der Waals surface area contributed by atoms with Crippen molar-refractivity contribution in [2.24, 2.45) is 11.3 Å². The molecule has 0 aromatic carbocycles. The molecule has 0 amide bonds. The largest absolute Gasteiger partial charge is 0.381 e. The van der Waals surface area contributed by atoms with Gasteiger partial charge in [-0.05, 0) is 38.3 Å². The zero-order valence-corrected chi connectivity index (χ0v) is 9.50. The average molecular weight is 210 g/mol. The molecule has 1 N–H and O–H groups in total. The summed E-state index contributed by atoms with van der Waals surface area (Å²) in [6, 6.07) is 0. The smallest absolute Gasteiger partial charge is 0.0472 e. The van der Waals surface area contributed by atoms with Gasteiger partial charge < -0.3 is 15.0 Å². The molecule has 0 radical (unpaired) electrons. The minimum atomic E-state index is 0.657. The molecule has 0 aromatic rings. The highest BCUT2D eigenvalue weighted by atomic mass is 16.5. The standard InChI is InChI=1S/C12H22N2O/c1-4-13-7-11(1)8-14-9-12(10-14)2-5-15-6-3-12/h11,13H,1-10H2. The Hall–Kier alpha value is -0.120. The Morgan fingerprint density at radius 3 is 2.73 bits per heavy atom. The van der Waals surface area contributed by atoms with Gasteiger partial charge in [0.05, 0.1) is 0 Å². The molecule has 86 valence electrons. The van der Waals surface area contributed by atoms with Crippen molar-refractivity contribution in [3.8, 4) is 0 Å². The average Bonchev–Trinajstić information content (AvgIpc) is 2.70. The van der Waals surface area contributed by atoms with Crippen molar-refractivity contribution < 1.29 is 4.74 Å². The van der Waals surface area contributed by atoms with Crippen LogP contribution >= 0.6 is 0 Å². The maximum Gasteiger partial charge on any atom is 0.0472 e. The number of nitrogens with zero attached hydrogens (tertiary/aromatic N) is 1. The second-order valence-corrected chi connectivity index (χ2v) is 5.64. The Kier molecular flexibility index (Phi) is 2.71. The Labute approximate surface area is 92.2 Å². The molecule has 3 saturated heterocycles. The molecule has 0 aromatic heterocycles. The normalized spacial score (nSPS) is 35.6. The van der Waals surface area contributed by atoms with Gasteiger partial charge in [-0.15, -0.1) is 0 Å². The predicted octanol–water partition coefficient (Wildman–Crippen LogP) is 0.708. The lowest BCUT2D eigenvalue weighted by Gasteiger charge is -2.53. The molecule has 3 fully saturated rings. The molecule has 3 aliphatic heterocycles. The van der Waals surface area contributed by atoms with E-state index in [4.69, 9.17) is 4.74 Å². The molecule has 0 aliphatic carbocycles. The van der Waals surface area contributed by atoms with Crippen LogP contribution in [0.4, 0.5) is 0 Å². The van der Waals surface area contributed by atoms with E-state index in [1.165, 1.54) is 52.0 Å². The zero-order chi connectivity index (χ0) is 10.1. The monoisotopic (exact) mass is 210 g/mol. The SMILES string of the molecule is C1CC(CN2CC3(CCOCC3)C2)CN1. The van der Waals surface area contributed by atoms with Gasteiger partial charge in [0.1, 0.15) is 0 Å². The maximum absolute atomic E-state index is 5.44. The second-order valence-electron chi connectivity index (χ2n) is 5.64. The van der Waals surface area contributed by atoms with E-state index in [1.807, 2.05) is 0 Å². The number of rotatable bonds is 2. The highest BCUT2D eigenvalue weighted by Crippen LogP contribution is 2.40. The molecule has 1 unspecified atom stereocenters. The third-order valence-electron chi connectivity index (χ3n) is 4.35. The van der Waals surface area contributed by atoms with Crippen LogP contribution in [0.1, 0.15) is 19.3 Å². The Balaban J connectivity index is 1.44. The number of likely N-dealkylation sites (tertiary alicyclic amines) is 1. The summed E-state index contributed by atoms with van der Waals surface area (Å²) in [4.78, 5) is 2.66. The van der Waals surface area contributed by atoms with E-state index >= 15 is 0 Å². The van der Waals surface area contributed by atoms with Gasteiger partial charge in [0.2, 0.25) is 0 Å². The summed E-state index contributed by atoms with van der Waals surface area (Å²) in [5, 5.41) is 3.45. The lowest BCUT2D eigenvalue weighted by atomic mass is 9.73. The third-order valence-corrected chi connectivity index (χ3v) is 4.35. The Morgan fingerprint density at radius 2 is 2.07 bits per heavy atom. The van der Waals surface area contributed by atoms with E-state index in [0.29, 0.717) is 5.41 Å². The molecule has 3 heteroatoms. The van der Waals surface area contributed by atoms with Crippen molar-refractivity contribution in [3.63, 3.8) is 0 Å². The Morgan fingerprint density at radius 1 is 1.27 bits per heavy atom. The molecule has 3 aliphatic rings. The molecule has 0 saturated carbocycles. The van der Waals surface area contributed by atoms with Crippen molar-refractivity contribution in [2.75, 3.05) is 45.9 Å². The quantitative estimate of drug-likeness (QED) is 0.726. The summed E-state index contributed by atoms with van der Waals surface area (Å²) >= 11 is 0. The van der Waals surface area contributed by atoms with Gasteiger partial charge in [0.15, 0.2) is 0 Å². The van der Waals surface area contributed by atoms with Crippen LogP contribution in [0, 0.1) is 11.3 Å². The van der Waals surface area contributed by atoms with Crippen LogP contribution in [0.3, 0.4) is 0 Å². The number of ether oxygens (including phenoxy) is 1. The van der Waals surface area contributed by atoms with Crippen molar-refractivity contribution in [1.82, 2.24) is 10.2 Å². The summed E-state index contributed by atoms with van der Waals surface area (Å²) in [5.74, 6) is 0.919. The molecular weight excluding hydrogens is 188 g/mol.